The second-order valence-corrected chi connectivity index (χ2v) is 3.76. The Balaban J connectivity index is 3.51. The molecule has 0 rings (SSSR count). The van der Waals surface area contributed by atoms with Gasteiger partial charge in [-0.1, -0.05) is 40.5 Å². The zero-order valence-electron chi connectivity index (χ0n) is 9.27. The van der Waals surface area contributed by atoms with Crippen molar-refractivity contribution >= 4 is 0 Å². The summed E-state index contributed by atoms with van der Waals surface area (Å²) in [5.74, 6) is 0.863. The third-order valence-corrected chi connectivity index (χ3v) is 2.54. The third-order valence-electron chi connectivity index (χ3n) is 2.54. The van der Waals surface area contributed by atoms with Gasteiger partial charge in [0.05, 0.1) is 0 Å². The Morgan fingerprint density at radius 2 is 1.83 bits per heavy atom. The molecule has 0 aromatic carbocycles. The lowest BCUT2D eigenvalue weighted by atomic mass is 10.1. The maximum absolute atomic E-state index is 2.57. The Labute approximate surface area is 78.1 Å². The van der Waals surface area contributed by atoms with Crippen molar-refractivity contribution in [2.24, 2.45) is 5.92 Å². The fourth-order valence-electron chi connectivity index (χ4n) is 1.33. The van der Waals surface area contributed by atoms with Gasteiger partial charge >= 0.3 is 0 Å². The molecule has 0 amide bonds. The highest BCUT2D eigenvalue weighted by Gasteiger charge is 2.05. The Morgan fingerprint density at radius 3 is 2.25 bits per heavy atom. The van der Waals surface area contributed by atoms with Crippen molar-refractivity contribution in [2.75, 3.05) is 19.6 Å². The molecule has 0 bridgehead atoms. The van der Waals surface area contributed by atoms with Crippen LogP contribution in [-0.4, -0.2) is 24.5 Å². The van der Waals surface area contributed by atoms with Crippen LogP contribution in [0.4, 0.5) is 0 Å². The molecule has 0 aliphatic heterocycles. The van der Waals surface area contributed by atoms with Gasteiger partial charge in [0, 0.05) is 6.54 Å². The summed E-state index contributed by atoms with van der Waals surface area (Å²) in [6.45, 7) is 12.9. The van der Waals surface area contributed by atoms with Crippen LogP contribution in [0.25, 0.3) is 0 Å². The van der Waals surface area contributed by atoms with Crippen LogP contribution in [0, 0.1) is 5.92 Å². The quantitative estimate of drug-likeness (QED) is 0.569. The summed E-state index contributed by atoms with van der Waals surface area (Å²) in [6, 6.07) is 0. The molecule has 0 spiro atoms. The largest absolute Gasteiger partial charge is 0.303 e. The van der Waals surface area contributed by atoms with Gasteiger partial charge in [-0.15, -0.1) is 0 Å². The minimum absolute atomic E-state index is 0.863. The number of hydrogen-bond acceptors (Lipinski definition) is 1. The van der Waals surface area contributed by atoms with E-state index in [2.05, 4.69) is 32.6 Å². The lowest BCUT2D eigenvalue weighted by Crippen LogP contribution is -2.29. The molecular formula is C11H25N. The van der Waals surface area contributed by atoms with Crippen molar-refractivity contribution < 1.29 is 0 Å². The average Bonchev–Trinajstić information content (AvgIpc) is 2.11. The Kier molecular flexibility index (Phi) is 7.58. The van der Waals surface area contributed by atoms with Gasteiger partial charge in [0.15, 0.2) is 0 Å². The highest BCUT2D eigenvalue weighted by molar-refractivity contribution is 4.59. The molecule has 74 valence electrons. The molecule has 0 fully saturated rings. The van der Waals surface area contributed by atoms with Gasteiger partial charge in [0.1, 0.15) is 0 Å². The van der Waals surface area contributed by atoms with Crippen LogP contribution < -0.4 is 0 Å². The van der Waals surface area contributed by atoms with Crippen molar-refractivity contribution in [3.8, 4) is 0 Å². The first kappa shape index (κ1) is 12.0. The highest BCUT2D eigenvalue weighted by atomic mass is 15.1. The van der Waals surface area contributed by atoms with Crippen LogP contribution in [-0.2, 0) is 0 Å². The van der Waals surface area contributed by atoms with Crippen LogP contribution in [0.3, 0.4) is 0 Å². The minimum Gasteiger partial charge on any atom is -0.303 e. The third kappa shape index (κ3) is 5.59. The molecule has 1 unspecified atom stereocenters. The van der Waals surface area contributed by atoms with Gasteiger partial charge < -0.3 is 4.90 Å². The molecule has 0 saturated carbocycles. The van der Waals surface area contributed by atoms with Crippen LogP contribution >= 0.6 is 0 Å². The van der Waals surface area contributed by atoms with Crippen molar-refractivity contribution in [2.45, 2.75) is 47.0 Å². The average molecular weight is 171 g/mol. The first-order chi connectivity index (χ1) is 5.74. The Hall–Kier alpha value is -0.0400. The first-order valence-electron chi connectivity index (χ1n) is 5.46. The summed E-state index contributed by atoms with van der Waals surface area (Å²) in [6.07, 6.45) is 3.98. The predicted molar refractivity (Wildman–Crippen MR) is 56.5 cm³/mol. The summed E-state index contributed by atoms with van der Waals surface area (Å²) in [5.41, 5.74) is 0. The molecule has 0 aromatic heterocycles. The molecule has 1 atom stereocenters. The Morgan fingerprint density at radius 1 is 1.17 bits per heavy atom. The summed E-state index contributed by atoms with van der Waals surface area (Å²) in [5, 5.41) is 0. The maximum atomic E-state index is 2.57. The highest BCUT2D eigenvalue weighted by Crippen LogP contribution is 2.04. The van der Waals surface area contributed by atoms with Gasteiger partial charge in [-0.25, -0.2) is 0 Å². The molecule has 12 heavy (non-hydrogen) atoms. The number of unbranched alkanes of at least 4 members (excludes halogenated alkanes) is 1. The molecule has 0 saturated heterocycles. The van der Waals surface area contributed by atoms with Crippen molar-refractivity contribution in [1.29, 1.82) is 0 Å². The monoisotopic (exact) mass is 171 g/mol. The molecule has 0 aliphatic rings. The summed E-state index contributed by atoms with van der Waals surface area (Å²) in [4.78, 5) is 2.57. The summed E-state index contributed by atoms with van der Waals surface area (Å²) >= 11 is 0. The van der Waals surface area contributed by atoms with Crippen molar-refractivity contribution in [1.82, 2.24) is 4.90 Å². The molecule has 1 nitrogen and oxygen atoms in total. The Bertz CT molecular complexity index is 91.0. The fourth-order valence-corrected chi connectivity index (χ4v) is 1.33. The normalized spacial score (nSPS) is 13.8. The van der Waals surface area contributed by atoms with E-state index in [1.807, 2.05) is 0 Å². The summed E-state index contributed by atoms with van der Waals surface area (Å²) < 4.78 is 0. The van der Waals surface area contributed by atoms with Gasteiger partial charge in [-0.2, -0.15) is 0 Å². The smallest absolute Gasteiger partial charge is 0.000680 e. The fraction of sp³-hybridized carbons (Fsp3) is 1.00. The lowest BCUT2D eigenvalue weighted by molar-refractivity contribution is 0.242. The van der Waals surface area contributed by atoms with E-state index in [1.54, 1.807) is 0 Å². The molecular weight excluding hydrogens is 146 g/mol. The standard InChI is InChI=1S/C11H25N/c1-5-8-9-12(7-3)10-11(4)6-2/h11H,5-10H2,1-4H3. The molecule has 0 aromatic rings. The van der Waals surface area contributed by atoms with E-state index in [-0.39, 0.29) is 0 Å². The van der Waals surface area contributed by atoms with Crippen LogP contribution in [0.1, 0.15) is 47.0 Å². The van der Waals surface area contributed by atoms with Gasteiger partial charge in [-0.3, -0.25) is 0 Å². The van der Waals surface area contributed by atoms with E-state index in [0.29, 0.717) is 0 Å². The van der Waals surface area contributed by atoms with Crippen LogP contribution in [0.2, 0.25) is 0 Å². The van der Waals surface area contributed by atoms with Gasteiger partial charge in [0.25, 0.3) is 0 Å². The van der Waals surface area contributed by atoms with Gasteiger partial charge in [0.2, 0.25) is 0 Å². The molecule has 0 aliphatic carbocycles. The van der Waals surface area contributed by atoms with Crippen molar-refractivity contribution in [3.63, 3.8) is 0 Å². The van der Waals surface area contributed by atoms with E-state index in [4.69, 9.17) is 0 Å². The lowest BCUT2D eigenvalue weighted by Gasteiger charge is -2.23. The minimum atomic E-state index is 0.863. The maximum Gasteiger partial charge on any atom is 0.000680 e. The van der Waals surface area contributed by atoms with E-state index < -0.39 is 0 Å². The number of rotatable bonds is 7. The zero-order chi connectivity index (χ0) is 9.40. The van der Waals surface area contributed by atoms with E-state index in [9.17, 15) is 0 Å². The second kappa shape index (κ2) is 7.60. The second-order valence-electron chi connectivity index (χ2n) is 3.76. The molecule has 0 heterocycles. The predicted octanol–water partition coefficient (Wildman–Crippen LogP) is 3.15. The van der Waals surface area contributed by atoms with Crippen molar-refractivity contribution in [3.05, 3.63) is 0 Å². The summed E-state index contributed by atoms with van der Waals surface area (Å²) in [7, 11) is 0. The van der Waals surface area contributed by atoms with Gasteiger partial charge in [-0.05, 0) is 25.4 Å². The van der Waals surface area contributed by atoms with E-state index in [1.165, 1.54) is 38.9 Å². The molecule has 1 heteroatoms. The van der Waals surface area contributed by atoms with E-state index >= 15 is 0 Å². The number of nitrogens with zero attached hydrogens (tertiary/aromatic N) is 1. The first-order valence-corrected chi connectivity index (χ1v) is 5.46. The topological polar surface area (TPSA) is 3.24 Å². The SMILES string of the molecule is CCCCN(CC)CC(C)CC. The van der Waals surface area contributed by atoms with Crippen LogP contribution in [0.5, 0.6) is 0 Å². The molecule has 0 N–H and O–H groups in total. The molecule has 0 radical (unpaired) electrons. The number of hydrogen-bond donors (Lipinski definition) is 0. The van der Waals surface area contributed by atoms with E-state index in [0.717, 1.165) is 5.92 Å². The zero-order valence-corrected chi connectivity index (χ0v) is 9.27. The van der Waals surface area contributed by atoms with Crippen LogP contribution in [0.15, 0.2) is 0 Å².